The van der Waals surface area contributed by atoms with Crippen molar-refractivity contribution in [3.05, 3.63) is 0 Å². The second-order valence-corrected chi connectivity index (χ2v) is 16.2. The summed E-state index contributed by atoms with van der Waals surface area (Å²) in [6.45, 7) is 16.4. The Hall–Kier alpha value is -0.0400. The standard InChI is InChI=1S/C45H94N/c1-6-9-12-15-18-21-24-27-30-33-36-39-42-46(45(4)5,43-40-37-34-31-28-25-22-19-16-13-10-7-2)44-41-38-35-32-29-26-23-20-17-14-11-8-3/h45H,6-44H2,1-5H3/q+1. The Morgan fingerprint density at radius 1 is 0.239 bits per heavy atom. The molecule has 1 nitrogen and oxygen atoms in total. The lowest BCUT2D eigenvalue weighted by Crippen LogP contribution is -2.55. The topological polar surface area (TPSA) is 0 Å². The third-order valence-electron chi connectivity index (χ3n) is 11.5. The summed E-state index contributed by atoms with van der Waals surface area (Å²) in [5, 5.41) is 0. The molecule has 0 unspecified atom stereocenters. The van der Waals surface area contributed by atoms with Crippen molar-refractivity contribution in [2.75, 3.05) is 19.6 Å². The van der Waals surface area contributed by atoms with Gasteiger partial charge in [-0.05, 0) is 52.4 Å². The van der Waals surface area contributed by atoms with E-state index in [2.05, 4.69) is 34.6 Å². The Balaban J connectivity index is 4.36. The van der Waals surface area contributed by atoms with E-state index in [1.54, 1.807) is 0 Å². The Morgan fingerprint density at radius 2 is 0.391 bits per heavy atom. The first kappa shape index (κ1) is 46.0. The third-order valence-corrected chi connectivity index (χ3v) is 11.5. The molecule has 0 atom stereocenters. The summed E-state index contributed by atoms with van der Waals surface area (Å²) in [5.41, 5.74) is 0. The first-order chi connectivity index (χ1) is 22.6. The van der Waals surface area contributed by atoms with Gasteiger partial charge < -0.3 is 4.48 Å². The summed E-state index contributed by atoms with van der Waals surface area (Å²) in [4.78, 5) is 0. The Bertz CT molecular complexity index is 470. The molecule has 0 aliphatic carbocycles. The summed E-state index contributed by atoms with van der Waals surface area (Å²) in [5.74, 6) is 0. The minimum Gasteiger partial charge on any atom is -0.322 e. The van der Waals surface area contributed by atoms with Gasteiger partial charge in [0.15, 0.2) is 0 Å². The second kappa shape index (κ2) is 37.8. The molecule has 0 bridgehead atoms. The maximum atomic E-state index is 2.56. The SMILES string of the molecule is CCCCCCCCCCCCCC[N+](CCCCCCCCCCCCCC)(CCCCCCCCCCCCCC)C(C)C. The van der Waals surface area contributed by atoms with E-state index in [1.807, 2.05) is 0 Å². The van der Waals surface area contributed by atoms with Crippen LogP contribution in [0, 0.1) is 0 Å². The van der Waals surface area contributed by atoms with Crippen LogP contribution in [0.4, 0.5) is 0 Å². The molecule has 46 heavy (non-hydrogen) atoms. The highest BCUT2D eigenvalue weighted by Crippen LogP contribution is 2.23. The first-order valence-corrected chi connectivity index (χ1v) is 22.5. The van der Waals surface area contributed by atoms with E-state index < -0.39 is 0 Å². The number of hydrogen-bond acceptors (Lipinski definition) is 0. The van der Waals surface area contributed by atoms with Gasteiger partial charge in [0.05, 0.1) is 25.7 Å². The van der Waals surface area contributed by atoms with Gasteiger partial charge in [-0.15, -0.1) is 0 Å². The van der Waals surface area contributed by atoms with E-state index in [-0.39, 0.29) is 0 Å². The summed E-state index contributed by atoms with van der Waals surface area (Å²) in [6.07, 6.45) is 52.7. The molecule has 0 aliphatic heterocycles. The van der Waals surface area contributed by atoms with Crippen LogP contribution < -0.4 is 0 Å². The zero-order valence-corrected chi connectivity index (χ0v) is 33.6. The lowest BCUT2D eigenvalue weighted by atomic mass is 10.0. The first-order valence-electron chi connectivity index (χ1n) is 22.5. The number of rotatable bonds is 40. The van der Waals surface area contributed by atoms with E-state index in [9.17, 15) is 0 Å². The molecule has 0 rings (SSSR count). The monoisotopic (exact) mass is 649 g/mol. The van der Waals surface area contributed by atoms with E-state index in [0.717, 1.165) is 6.04 Å². The van der Waals surface area contributed by atoms with Crippen molar-refractivity contribution >= 4 is 0 Å². The van der Waals surface area contributed by atoms with Gasteiger partial charge in [-0.2, -0.15) is 0 Å². The smallest absolute Gasteiger partial charge is 0.0833 e. The van der Waals surface area contributed by atoms with Crippen molar-refractivity contribution in [1.82, 2.24) is 0 Å². The highest BCUT2D eigenvalue weighted by molar-refractivity contribution is 4.57. The second-order valence-electron chi connectivity index (χ2n) is 16.2. The maximum absolute atomic E-state index is 2.56. The van der Waals surface area contributed by atoms with E-state index in [4.69, 9.17) is 0 Å². The van der Waals surface area contributed by atoms with Crippen LogP contribution in [0.5, 0.6) is 0 Å². The quantitative estimate of drug-likeness (QED) is 0.0458. The van der Waals surface area contributed by atoms with Crippen LogP contribution >= 0.6 is 0 Å². The molecule has 278 valence electrons. The van der Waals surface area contributed by atoms with Crippen molar-refractivity contribution in [3.63, 3.8) is 0 Å². The lowest BCUT2D eigenvalue weighted by molar-refractivity contribution is -0.948. The molecule has 0 amide bonds. The molecule has 0 N–H and O–H groups in total. The average Bonchev–Trinajstić information content (AvgIpc) is 3.05. The molecule has 0 spiro atoms. The highest BCUT2D eigenvalue weighted by atomic mass is 15.4. The van der Waals surface area contributed by atoms with E-state index in [1.165, 1.54) is 255 Å². The number of hydrogen-bond donors (Lipinski definition) is 0. The zero-order valence-electron chi connectivity index (χ0n) is 33.6. The van der Waals surface area contributed by atoms with Crippen LogP contribution in [-0.4, -0.2) is 30.2 Å². The highest BCUT2D eigenvalue weighted by Gasteiger charge is 2.29. The average molecular weight is 649 g/mol. The summed E-state index contributed by atoms with van der Waals surface area (Å²) < 4.78 is 1.42. The molecule has 0 fully saturated rings. The fourth-order valence-electron chi connectivity index (χ4n) is 7.91. The minimum absolute atomic E-state index is 0.785. The fraction of sp³-hybridized carbons (Fsp3) is 1.00. The van der Waals surface area contributed by atoms with Gasteiger partial charge >= 0.3 is 0 Å². The Morgan fingerprint density at radius 3 is 0.543 bits per heavy atom. The molecule has 0 aliphatic rings. The van der Waals surface area contributed by atoms with Gasteiger partial charge in [-0.1, -0.05) is 213 Å². The van der Waals surface area contributed by atoms with Crippen molar-refractivity contribution in [3.8, 4) is 0 Å². The molecular weight excluding hydrogens is 555 g/mol. The van der Waals surface area contributed by atoms with Crippen molar-refractivity contribution < 1.29 is 4.48 Å². The molecule has 0 aromatic rings. The molecule has 0 aromatic carbocycles. The zero-order chi connectivity index (χ0) is 33.7. The van der Waals surface area contributed by atoms with Gasteiger partial charge in [0.1, 0.15) is 0 Å². The molecule has 0 saturated heterocycles. The fourth-order valence-corrected chi connectivity index (χ4v) is 7.91. The van der Waals surface area contributed by atoms with Crippen LogP contribution in [0.25, 0.3) is 0 Å². The van der Waals surface area contributed by atoms with Crippen LogP contribution in [0.1, 0.15) is 266 Å². The van der Waals surface area contributed by atoms with Crippen LogP contribution in [-0.2, 0) is 0 Å². The van der Waals surface area contributed by atoms with Crippen molar-refractivity contribution in [2.45, 2.75) is 272 Å². The summed E-state index contributed by atoms with van der Waals surface area (Å²) in [7, 11) is 0. The normalized spacial score (nSPS) is 12.1. The predicted molar refractivity (Wildman–Crippen MR) is 213 cm³/mol. The predicted octanol–water partition coefficient (Wildman–Crippen LogP) is 16.3. The van der Waals surface area contributed by atoms with Crippen LogP contribution in [0.3, 0.4) is 0 Å². The molecular formula is C45H94N+. The van der Waals surface area contributed by atoms with Gasteiger partial charge in [0.25, 0.3) is 0 Å². The largest absolute Gasteiger partial charge is 0.322 e. The van der Waals surface area contributed by atoms with Crippen LogP contribution in [0.15, 0.2) is 0 Å². The van der Waals surface area contributed by atoms with Crippen molar-refractivity contribution in [2.24, 2.45) is 0 Å². The van der Waals surface area contributed by atoms with E-state index in [0.29, 0.717) is 0 Å². The Labute approximate surface area is 295 Å². The van der Waals surface area contributed by atoms with Gasteiger partial charge in [-0.3, -0.25) is 0 Å². The van der Waals surface area contributed by atoms with E-state index >= 15 is 0 Å². The van der Waals surface area contributed by atoms with Crippen molar-refractivity contribution in [1.29, 1.82) is 0 Å². The molecule has 0 aromatic heterocycles. The number of quaternary nitrogens is 1. The third kappa shape index (κ3) is 31.2. The molecule has 0 saturated carbocycles. The Kier molecular flexibility index (Phi) is 37.7. The van der Waals surface area contributed by atoms with Gasteiger partial charge in [-0.25, -0.2) is 0 Å². The van der Waals surface area contributed by atoms with Crippen LogP contribution in [0.2, 0.25) is 0 Å². The molecule has 0 radical (unpaired) electrons. The summed E-state index contributed by atoms with van der Waals surface area (Å²) in [6, 6.07) is 0.785. The van der Waals surface area contributed by atoms with Gasteiger partial charge in [0, 0.05) is 0 Å². The summed E-state index contributed by atoms with van der Waals surface area (Å²) >= 11 is 0. The molecule has 1 heteroatoms. The number of unbranched alkanes of at least 4 members (excludes halogenated alkanes) is 33. The minimum atomic E-state index is 0.785. The maximum Gasteiger partial charge on any atom is 0.0833 e. The number of nitrogens with zero attached hydrogens (tertiary/aromatic N) is 1. The lowest BCUT2D eigenvalue weighted by Gasteiger charge is -2.43. The van der Waals surface area contributed by atoms with Gasteiger partial charge in [0.2, 0.25) is 0 Å². The molecule has 0 heterocycles.